The van der Waals surface area contributed by atoms with E-state index in [1.807, 2.05) is 0 Å². The molecule has 0 radical (unpaired) electrons. The number of nitrogens with zero attached hydrogens (tertiary/aromatic N) is 1. The summed E-state index contributed by atoms with van der Waals surface area (Å²) >= 11 is 9.88. The van der Waals surface area contributed by atoms with Crippen LogP contribution in [-0.2, 0) is 14.3 Å². The van der Waals surface area contributed by atoms with Gasteiger partial charge in [0.25, 0.3) is 11.1 Å². The van der Waals surface area contributed by atoms with Crippen molar-refractivity contribution >= 4 is 68.5 Å². The first kappa shape index (κ1) is 23.8. The minimum Gasteiger partial charge on any atom is -0.493 e. The molecule has 0 N–H and O–H groups in total. The average molecular weight is 541 g/mol. The zero-order valence-corrected chi connectivity index (χ0v) is 19.9. The van der Waals surface area contributed by atoms with Gasteiger partial charge in [0.05, 0.1) is 29.2 Å². The number of esters is 2. The summed E-state index contributed by atoms with van der Waals surface area (Å²) in [4.78, 5) is 49.4. The van der Waals surface area contributed by atoms with Crippen molar-refractivity contribution in [2.45, 2.75) is 0 Å². The molecule has 1 aliphatic rings. The Kier molecular flexibility index (Phi) is 7.60. The Morgan fingerprint density at radius 2 is 1.84 bits per heavy atom. The van der Waals surface area contributed by atoms with Crippen molar-refractivity contribution in [3.8, 4) is 11.5 Å². The van der Waals surface area contributed by atoms with E-state index in [1.165, 1.54) is 32.4 Å². The van der Waals surface area contributed by atoms with Crippen LogP contribution in [0.1, 0.15) is 15.9 Å². The lowest BCUT2D eigenvalue weighted by Crippen LogP contribution is -2.34. The maximum absolute atomic E-state index is 12.5. The SMILES string of the molecule is COC(=O)CN1C(=O)S/C(=C\c2cc(Br)c(OC(=O)c3ccc(Cl)cc3)c(OC)c2)C1=O. The van der Waals surface area contributed by atoms with Crippen molar-refractivity contribution in [1.29, 1.82) is 0 Å². The van der Waals surface area contributed by atoms with Crippen molar-refractivity contribution < 1.29 is 33.4 Å². The number of hydrogen-bond acceptors (Lipinski definition) is 8. The molecule has 2 aromatic carbocycles. The van der Waals surface area contributed by atoms with Crippen LogP contribution in [0.4, 0.5) is 4.79 Å². The Morgan fingerprint density at radius 1 is 1.16 bits per heavy atom. The molecule has 3 rings (SSSR count). The van der Waals surface area contributed by atoms with Gasteiger partial charge in [0.15, 0.2) is 11.5 Å². The van der Waals surface area contributed by atoms with Gasteiger partial charge in [0.1, 0.15) is 6.54 Å². The van der Waals surface area contributed by atoms with Crippen LogP contribution in [0, 0.1) is 0 Å². The fourth-order valence-corrected chi connectivity index (χ4v) is 4.15. The van der Waals surface area contributed by atoms with Crippen LogP contribution >= 0.6 is 39.3 Å². The minimum absolute atomic E-state index is 0.124. The molecule has 1 aliphatic heterocycles. The third-order valence-electron chi connectivity index (χ3n) is 4.21. The molecule has 0 aliphatic carbocycles. The molecule has 0 aromatic heterocycles. The van der Waals surface area contributed by atoms with E-state index in [0.29, 0.717) is 32.4 Å². The molecule has 1 fully saturated rings. The summed E-state index contributed by atoms with van der Waals surface area (Å²) < 4.78 is 15.7. The van der Waals surface area contributed by atoms with Crippen LogP contribution in [0.15, 0.2) is 45.8 Å². The van der Waals surface area contributed by atoms with Gasteiger partial charge in [-0.1, -0.05) is 11.6 Å². The highest BCUT2D eigenvalue weighted by Gasteiger charge is 2.36. The Morgan fingerprint density at radius 3 is 2.47 bits per heavy atom. The van der Waals surface area contributed by atoms with Crippen molar-refractivity contribution in [2.24, 2.45) is 0 Å². The normalized spacial score (nSPS) is 14.6. The minimum atomic E-state index is -0.704. The topological polar surface area (TPSA) is 99.2 Å². The highest BCUT2D eigenvalue weighted by atomic mass is 79.9. The number of rotatable bonds is 6. The van der Waals surface area contributed by atoms with Gasteiger partial charge in [-0.3, -0.25) is 19.3 Å². The molecule has 1 heterocycles. The number of hydrogen-bond donors (Lipinski definition) is 0. The van der Waals surface area contributed by atoms with Crippen molar-refractivity contribution in [1.82, 2.24) is 4.90 Å². The molecule has 32 heavy (non-hydrogen) atoms. The smallest absolute Gasteiger partial charge is 0.343 e. The van der Waals surface area contributed by atoms with Crippen LogP contribution in [0.2, 0.25) is 5.02 Å². The zero-order chi connectivity index (χ0) is 23.4. The standard InChI is InChI=1S/C21H15BrClNO7S/c1-29-15-8-11(9-16-19(26)24(21(28)32-16)10-17(25)30-2)7-14(22)18(15)31-20(27)12-3-5-13(23)6-4-12/h3-9H,10H2,1-2H3/b16-9-. The first-order valence-electron chi connectivity index (χ1n) is 8.91. The van der Waals surface area contributed by atoms with E-state index in [4.69, 9.17) is 21.1 Å². The van der Waals surface area contributed by atoms with Gasteiger partial charge in [0, 0.05) is 5.02 Å². The number of amides is 2. The largest absolute Gasteiger partial charge is 0.493 e. The van der Waals surface area contributed by atoms with Gasteiger partial charge in [-0.25, -0.2) is 4.79 Å². The number of ether oxygens (including phenoxy) is 3. The molecule has 1 saturated heterocycles. The number of carbonyl (C=O) groups excluding carboxylic acids is 4. The Bertz CT molecular complexity index is 1130. The quantitative estimate of drug-likeness (QED) is 0.299. The van der Waals surface area contributed by atoms with Gasteiger partial charge >= 0.3 is 11.9 Å². The maximum atomic E-state index is 12.5. The number of carbonyl (C=O) groups is 4. The second-order valence-electron chi connectivity index (χ2n) is 6.27. The van der Waals surface area contributed by atoms with E-state index >= 15 is 0 Å². The zero-order valence-electron chi connectivity index (χ0n) is 16.7. The van der Waals surface area contributed by atoms with Gasteiger partial charge < -0.3 is 14.2 Å². The highest BCUT2D eigenvalue weighted by molar-refractivity contribution is 9.10. The fraction of sp³-hybridized carbons (Fsp3) is 0.143. The summed E-state index contributed by atoms with van der Waals surface area (Å²) in [5, 5.41) is -0.0909. The fourth-order valence-electron chi connectivity index (χ4n) is 2.64. The Hall–Kier alpha value is -2.82. The molecule has 0 bridgehead atoms. The molecule has 2 aromatic rings. The van der Waals surface area contributed by atoms with Gasteiger partial charge in [-0.2, -0.15) is 0 Å². The number of benzene rings is 2. The van der Waals surface area contributed by atoms with E-state index in [2.05, 4.69) is 20.7 Å². The van der Waals surface area contributed by atoms with E-state index in [1.54, 1.807) is 24.3 Å². The number of thioether (sulfide) groups is 1. The summed E-state index contributed by atoms with van der Waals surface area (Å²) in [5.74, 6) is -1.56. The van der Waals surface area contributed by atoms with E-state index in [-0.39, 0.29) is 16.4 Å². The molecule has 166 valence electrons. The monoisotopic (exact) mass is 539 g/mol. The van der Waals surface area contributed by atoms with E-state index in [0.717, 1.165) is 4.90 Å². The molecule has 11 heteroatoms. The summed E-state index contributed by atoms with van der Waals surface area (Å²) in [7, 11) is 2.57. The average Bonchev–Trinajstić information content (AvgIpc) is 3.02. The number of halogens is 2. The second kappa shape index (κ2) is 10.2. The Balaban J connectivity index is 1.85. The van der Waals surface area contributed by atoms with E-state index < -0.39 is 29.6 Å². The predicted octanol–water partition coefficient (Wildman–Crippen LogP) is 4.54. The lowest BCUT2D eigenvalue weighted by atomic mass is 10.1. The van der Waals surface area contributed by atoms with Gasteiger partial charge in [-0.05, 0) is 75.7 Å². The number of imide groups is 1. The van der Waals surface area contributed by atoms with Gasteiger partial charge in [0.2, 0.25) is 0 Å². The molecular formula is C21H15BrClNO7S. The molecule has 0 saturated carbocycles. The molecule has 2 amide bonds. The van der Waals surface area contributed by atoms with Crippen LogP contribution in [0.5, 0.6) is 11.5 Å². The van der Waals surface area contributed by atoms with E-state index in [9.17, 15) is 19.2 Å². The van der Waals surface area contributed by atoms with Crippen LogP contribution in [0.3, 0.4) is 0 Å². The van der Waals surface area contributed by atoms with Crippen molar-refractivity contribution in [3.63, 3.8) is 0 Å². The third-order valence-corrected chi connectivity index (χ3v) is 5.96. The first-order valence-corrected chi connectivity index (χ1v) is 10.9. The summed E-state index contributed by atoms with van der Waals surface area (Å²) in [6.07, 6.45) is 1.47. The number of methoxy groups -OCH3 is 2. The summed E-state index contributed by atoms with van der Waals surface area (Å²) in [6.45, 7) is -0.467. The molecule has 0 atom stereocenters. The van der Waals surface area contributed by atoms with Crippen molar-refractivity contribution in [2.75, 3.05) is 20.8 Å². The first-order chi connectivity index (χ1) is 15.2. The molecule has 0 unspecified atom stereocenters. The van der Waals surface area contributed by atoms with Crippen molar-refractivity contribution in [3.05, 3.63) is 61.9 Å². The van der Waals surface area contributed by atoms with Gasteiger partial charge in [-0.15, -0.1) is 0 Å². The predicted molar refractivity (Wildman–Crippen MR) is 122 cm³/mol. The Labute approximate surface area is 200 Å². The van der Waals surface area contributed by atoms with Crippen LogP contribution in [-0.4, -0.2) is 48.7 Å². The third kappa shape index (κ3) is 5.32. The molecule has 0 spiro atoms. The molecule has 8 nitrogen and oxygen atoms in total. The molecular weight excluding hydrogens is 526 g/mol. The summed E-state index contributed by atoms with van der Waals surface area (Å²) in [5.41, 5.74) is 0.801. The van der Waals surface area contributed by atoms with Crippen LogP contribution in [0.25, 0.3) is 6.08 Å². The maximum Gasteiger partial charge on any atom is 0.343 e. The highest BCUT2D eigenvalue weighted by Crippen LogP contribution is 2.39. The lowest BCUT2D eigenvalue weighted by molar-refractivity contribution is -0.143. The summed E-state index contributed by atoms with van der Waals surface area (Å²) in [6, 6.07) is 9.35. The second-order valence-corrected chi connectivity index (χ2v) is 8.56. The lowest BCUT2D eigenvalue weighted by Gasteiger charge is -2.13. The van der Waals surface area contributed by atoms with Crippen LogP contribution < -0.4 is 9.47 Å².